The van der Waals surface area contributed by atoms with Gasteiger partial charge in [0.25, 0.3) is 0 Å². The van der Waals surface area contributed by atoms with E-state index in [2.05, 4.69) is 36.1 Å². The van der Waals surface area contributed by atoms with Gasteiger partial charge >= 0.3 is 5.97 Å². The molecule has 1 aromatic carbocycles. The number of nitrogens with zero attached hydrogens (tertiary/aromatic N) is 3. The third-order valence-electron chi connectivity index (χ3n) is 3.20. The van der Waals surface area contributed by atoms with Crippen LogP contribution in [0.1, 0.15) is 19.2 Å². The molecule has 0 saturated heterocycles. The van der Waals surface area contributed by atoms with Gasteiger partial charge in [0.1, 0.15) is 15.9 Å². The number of aromatic nitrogens is 4. The van der Waals surface area contributed by atoms with Crippen LogP contribution in [-0.4, -0.2) is 26.1 Å². The third kappa shape index (κ3) is 2.71. The van der Waals surface area contributed by atoms with Crippen LogP contribution in [0.4, 0.5) is 0 Å². The molecule has 0 radical (unpaired) electrons. The number of halogens is 1. The Bertz CT molecular complexity index is 843. The van der Waals surface area contributed by atoms with Crippen molar-refractivity contribution in [3.05, 3.63) is 35.0 Å². The zero-order chi connectivity index (χ0) is 15.7. The molecule has 3 aromatic rings. The minimum Gasteiger partial charge on any atom is -0.424 e. The Morgan fingerprint density at radius 1 is 1.27 bits per heavy atom. The number of carbonyl (C=O) groups is 1. The van der Waals surface area contributed by atoms with Crippen LogP contribution in [0, 0.1) is 6.92 Å². The predicted molar refractivity (Wildman–Crippen MR) is 85.5 cm³/mol. The number of aromatic amines is 1. The summed E-state index contributed by atoms with van der Waals surface area (Å²) in [5.74, 6) is 0.812. The lowest BCUT2D eigenvalue weighted by Gasteiger charge is -2.07. The fourth-order valence-electron chi connectivity index (χ4n) is 2.04. The summed E-state index contributed by atoms with van der Waals surface area (Å²) in [4.78, 5) is 20.0. The van der Waals surface area contributed by atoms with Crippen LogP contribution in [0.15, 0.2) is 29.1 Å². The fraction of sp³-hybridized carbons (Fsp3) is 0.200. The van der Waals surface area contributed by atoms with Crippen molar-refractivity contribution >= 4 is 32.8 Å². The number of ether oxygens (including phenoxy) is 1. The first-order chi connectivity index (χ1) is 10.6. The van der Waals surface area contributed by atoms with Crippen molar-refractivity contribution in [2.45, 2.75) is 20.3 Å². The zero-order valence-electron chi connectivity index (χ0n) is 12.1. The molecule has 0 bridgehead atoms. The van der Waals surface area contributed by atoms with E-state index in [1.54, 1.807) is 25.4 Å². The lowest BCUT2D eigenvalue weighted by molar-refractivity contribution is -0.133. The Morgan fingerprint density at radius 3 is 2.68 bits per heavy atom. The van der Waals surface area contributed by atoms with Crippen LogP contribution in [0.2, 0.25) is 0 Å². The molecule has 7 heteroatoms. The van der Waals surface area contributed by atoms with E-state index in [9.17, 15) is 4.79 Å². The zero-order valence-corrected chi connectivity index (χ0v) is 13.6. The van der Waals surface area contributed by atoms with Crippen molar-refractivity contribution in [3.8, 4) is 16.9 Å². The predicted octanol–water partition coefficient (Wildman–Crippen LogP) is 3.41. The summed E-state index contributed by atoms with van der Waals surface area (Å²) >= 11 is 3.41. The van der Waals surface area contributed by atoms with Crippen molar-refractivity contribution in [2.75, 3.05) is 0 Å². The molecule has 2 aromatic heterocycles. The van der Waals surface area contributed by atoms with Gasteiger partial charge in [-0.05, 0) is 40.5 Å². The normalized spacial score (nSPS) is 10.9. The summed E-state index contributed by atoms with van der Waals surface area (Å²) in [5, 5.41) is 7.84. The van der Waals surface area contributed by atoms with Crippen LogP contribution in [0.3, 0.4) is 0 Å². The van der Waals surface area contributed by atoms with E-state index in [0.717, 1.165) is 21.1 Å². The first-order valence-corrected chi connectivity index (χ1v) is 7.55. The van der Waals surface area contributed by atoms with Gasteiger partial charge in [-0.25, -0.2) is 9.97 Å². The van der Waals surface area contributed by atoms with Crippen molar-refractivity contribution in [3.63, 3.8) is 0 Å². The molecule has 1 N–H and O–H groups in total. The van der Waals surface area contributed by atoms with E-state index < -0.39 is 0 Å². The summed E-state index contributed by atoms with van der Waals surface area (Å²) in [5.41, 5.74) is 2.30. The minimum atomic E-state index is -0.308. The number of hydrogen-bond acceptors (Lipinski definition) is 5. The number of H-pyrrole nitrogens is 1. The number of hydrogen-bond donors (Lipinski definition) is 1. The molecule has 0 fully saturated rings. The number of esters is 1. The van der Waals surface area contributed by atoms with E-state index in [0.29, 0.717) is 23.5 Å². The van der Waals surface area contributed by atoms with Gasteiger partial charge in [0.2, 0.25) is 0 Å². The van der Waals surface area contributed by atoms with E-state index in [1.165, 1.54) is 0 Å². The molecular weight excluding hydrogens is 348 g/mol. The Balaban J connectivity index is 2.16. The van der Waals surface area contributed by atoms with Gasteiger partial charge in [0, 0.05) is 29.8 Å². The number of rotatable bonds is 3. The van der Waals surface area contributed by atoms with Crippen LogP contribution in [-0.2, 0) is 4.79 Å². The molecule has 112 valence electrons. The van der Waals surface area contributed by atoms with E-state index in [1.807, 2.05) is 13.0 Å². The lowest BCUT2D eigenvalue weighted by atomic mass is 10.1. The van der Waals surface area contributed by atoms with Crippen LogP contribution < -0.4 is 4.74 Å². The monoisotopic (exact) mass is 360 g/mol. The van der Waals surface area contributed by atoms with Gasteiger partial charge in [0.15, 0.2) is 5.75 Å². The molecule has 0 saturated carbocycles. The first-order valence-electron chi connectivity index (χ1n) is 6.75. The van der Waals surface area contributed by atoms with E-state index >= 15 is 0 Å². The van der Waals surface area contributed by atoms with Gasteiger partial charge in [-0.1, -0.05) is 6.92 Å². The molecule has 3 rings (SSSR count). The molecule has 0 aliphatic carbocycles. The lowest BCUT2D eigenvalue weighted by Crippen LogP contribution is -2.06. The molecule has 0 aliphatic heterocycles. The first kappa shape index (κ1) is 14.6. The van der Waals surface area contributed by atoms with Gasteiger partial charge in [-0.2, -0.15) is 5.10 Å². The van der Waals surface area contributed by atoms with Gasteiger partial charge < -0.3 is 4.74 Å². The number of nitrogens with one attached hydrogen (secondary N) is 1. The summed E-state index contributed by atoms with van der Waals surface area (Å²) in [6, 6.07) is 3.72. The maximum atomic E-state index is 11.6. The topological polar surface area (TPSA) is 80.8 Å². The average Bonchev–Trinajstić information content (AvgIpc) is 2.89. The van der Waals surface area contributed by atoms with Crippen molar-refractivity contribution in [1.82, 2.24) is 20.2 Å². The SMILES string of the molecule is CCC(=O)Oc1cc(-c2cnc(C)nc2)cc2c(Br)[nH]nc12. The molecule has 0 unspecified atom stereocenters. The van der Waals surface area contributed by atoms with E-state index in [-0.39, 0.29) is 5.97 Å². The second kappa shape index (κ2) is 5.84. The number of fused-ring (bicyclic) bond motifs is 1. The molecule has 22 heavy (non-hydrogen) atoms. The van der Waals surface area contributed by atoms with E-state index in [4.69, 9.17) is 4.74 Å². The highest BCUT2D eigenvalue weighted by Crippen LogP contribution is 2.34. The number of carbonyl (C=O) groups excluding carboxylic acids is 1. The Hall–Kier alpha value is -2.28. The molecule has 2 heterocycles. The third-order valence-corrected chi connectivity index (χ3v) is 3.81. The fourth-order valence-corrected chi connectivity index (χ4v) is 2.43. The molecule has 6 nitrogen and oxygen atoms in total. The molecule has 0 atom stereocenters. The summed E-state index contributed by atoms with van der Waals surface area (Å²) in [6.07, 6.45) is 3.77. The molecular formula is C15H13BrN4O2. The van der Waals surface area contributed by atoms with Gasteiger partial charge in [-0.15, -0.1) is 0 Å². The van der Waals surface area contributed by atoms with Gasteiger partial charge in [-0.3, -0.25) is 9.89 Å². The summed E-state index contributed by atoms with van der Waals surface area (Å²) in [7, 11) is 0. The molecule has 0 aliphatic rings. The quantitative estimate of drug-likeness (QED) is 0.571. The highest BCUT2D eigenvalue weighted by Gasteiger charge is 2.15. The van der Waals surface area contributed by atoms with Crippen LogP contribution in [0.5, 0.6) is 5.75 Å². The maximum absolute atomic E-state index is 11.6. The number of aryl methyl sites for hydroxylation is 1. The Morgan fingerprint density at radius 2 is 2.00 bits per heavy atom. The minimum absolute atomic E-state index is 0.297. The summed E-state index contributed by atoms with van der Waals surface area (Å²) < 4.78 is 6.12. The summed E-state index contributed by atoms with van der Waals surface area (Å²) in [6.45, 7) is 3.58. The van der Waals surface area contributed by atoms with Crippen LogP contribution in [0.25, 0.3) is 22.0 Å². The molecule has 0 amide bonds. The highest BCUT2D eigenvalue weighted by atomic mass is 79.9. The number of benzene rings is 1. The Kier molecular flexibility index (Phi) is 3.89. The van der Waals surface area contributed by atoms with Crippen molar-refractivity contribution < 1.29 is 9.53 Å². The Labute approximate surface area is 135 Å². The highest BCUT2D eigenvalue weighted by molar-refractivity contribution is 9.10. The van der Waals surface area contributed by atoms with Crippen molar-refractivity contribution in [1.29, 1.82) is 0 Å². The smallest absolute Gasteiger partial charge is 0.310 e. The standard InChI is InChI=1S/C15H13BrN4O2/c1-3-13(21)22-12-5-9(10-6-17-8(2)18-7-10)4-11-14(12)19-20-15(11)16/h4-7H,3H2,1-2H3,(H,19,20). The van der Waals surface area contributed by atoms with Crippen molar-refractivity contribution in [2.24, 2.45) is 0 Å². The average molecular weight is 361 g/mol. The second-order valence-electron chi connectivity index (χ2n) is 4.75. The maximum Gasteiger partial charge on any atom is 0.310 e. The largest absolute Gasteiger partial charge is 0.424 e. The van der Waals surface area contributed by atoms with Crippen LogP contribution >= 0.6 is 15.9 Å². The second-order valence-corrected chi connectivity index (χ2v) is 5.55. The van der Waals surface area contributed by atoms with Gasteiger partial charge in [0.05, 0.1) is 0 Å². The molecule has 0 spiro atoms.